The number of rotatable bonds is 9. The van der Waals surface area contributed by atoms with Gasteiger partial charge in [-0.05, 0) is 124 Å². The minimum absolute atomic E-state index is 0.246. The Labute approximate surface area is 389 Å². The maximum Gasteiger partial charge on any atom is 0.227 e. The molecule has 6 heteroatoms. The van der Waals surface area contributed by atoms with Gasteiger partial charge in [0, 0.05) is 44.1 Å². The summed E-state index contributed by atoms with van der Waals surface area (Å²) in [5, 5.41) is 2.35. The van der Waals surface area contributed by atoms with E-state index in [4.69, 9.17) is 24.4 Å². The Kier molecular flexibility index (Phi) is 9.50. The summed E-state index contributed by atoms with van der Waals surface area (Å²) in [6.45, 7) is 12.8. The van der Waals surface area contributed by atoms with E-state index in [0.29, 0.717) is 28.9 Å². The van der Waals surface area contributed by atoms with Crippen molar-refractivity contribution in [1.82, 2.24) is 24.5 Å². The molecule has 0 bridgehead atoms. The number of nitrogens with zero attached hydrogens (tertiary/aromatic N) is 5. The molecule has 0 spiro atoms. The Morgan fingerprint density at radius 3 is 2.01 bits per heavy atom. The first-order valence-electron chi connectivity index (χ1n) is 22.8. The van der Waals surface area contributed by atoms with Crippen LogP contribution in [0.1, 0.15) is 49.5 Å². The van der Waals surface area contributed by atoms with Crippen LogP contribution >= 0.6 is 0 Å². The summed E-state index contributed by atoms with van der Waals surface area (Å²) in [6.07, 6.45) is 13.9. The summed E-state index contributed by atoms with van der Waals surface area (Å²) >= 11 is 0. The van der Waals surface area contributed by atoms with Gasteiger partial charge in [-0.1, -0.05) is 148 Å². The number of oxazole rings is 1. The first-order valence-corrected chi connectivity index (χ1v) is 22.8. The third-order valence-electron chi connectivity index (χ3n) is 13.4. The number of benzene rings is 7. The second-order valence-electron chi connectivity index (χ2n) is 17.9. The van der Waals surface area contributed by atoms with Gasteiger partial charge in [-0.2, -0.15) is 0 Å². The highest BCUT2D eigenvalue weighted by Gasteiger charge is 2.37. The van der Waals surface area contributed by atoms with Crippen molar-refractivity contribution in [2.45, 2.75) is 32.1 Å². The Morgan fingerprint density at radius 2 is 1.28 bits per heavy atom. The molecule has 12 rings (SSSR count). The fourth-order valence-corrected chi connectivity index (χ4v) is 9.93. The fourth-order valence-electron chi connectivity index (χ4n) is 9.93. The van der Waals surface area contributed by atoms with E-state index < -0.39 is 0 Å². The molecule has 6 nitrogen and oxygen atoms in total. The van der Waals surface area contributed by atoms with Gasteiger partial charge in [0.2, 0.25) is 5.89 Å². The molecule has 0 saturated heterocycles. The molecule has 0 atom stereocenters. The molecule has 0 aliphatic heterocycles. The van der Waals surface area contributed by atoms with E-state index in [2.05, 4.69) is 171 Å². The number of aromatic nitrogens is 5. The molecule has 3 heterocycles. The minimum atomic E-state index is -0.246. The maximum absolute atomic E-state index is 6.36. The SMILES string of the molecule is C=C/C=C\C(=C)c1nc(C2=CCCC=C2)nc(-c2cccc(-n3c4ccc(-c5ccccc5)cc4c4cc(-c5ccc6c(c5)C(C)(C)c5cc7oc(-c8ccccc8)nc7cc5-6)ccc43)c2)n1. The van der Waals surface area contributed by atoms with E-state index in [1.54, 1.807) is 6.08 Å². The summed E-state index contributed by atoms with van der Waals surface area (Å²) in [5.74, 6) is 2.40. The lowest BCUT2D eigenvalue weighted by Gasteiger charge is -2.22. The third kappa shape index (κ3) is 6.88. The van der Waals surface area contributed by atoms with Crippen LogP contribution in [0.2, 0.25) is 0 Å². The lowest BCUT2D eigenvalue weighted by atomic mass is 9.81. The molecule has 67 heavy (non-hydrogen) atoms. The zero-order valence-corrected chi connectivity index (χ0v) is 37.4. The summed E-state index contributed by atoms with van der Waals surface area (Å²) < 4.78 is 8.72. The molecule has 7 aromatic carbocycles. The highest BCUT2D eigenvalue weighted by Crippen LogP contribution is 2.51. The van der Waals surface area contributed by atoms with Crippen molar-refractivity contribution in [3.63, 3.8) is 0 Å². The first-order chi connectivity index (χ1) is 32.8. The van der Waals surface area contributed by atoms with Gasteiger partial charge in [-0.25, -0.2) is 19.9 Å². The highest BCUT2D eigenvalue weighted by molar-refractivity contribution is 6.12. The number of hydrogen-bond donors (Lipinski definition) is 0. The maximum atomic E-state index is 6.36. The van der Waals surface area contributed by atoms with Crippen LogP contribution < -0.4 is 0 Å². The van der Waals surface area contributed by atoms with E-state index >= 15 is 0 Å². The largest absolute Gasteiger partial charge is 0.436 e. The normalized spacial score (nSPS) is 13.9. The molecular weight excluding hydrogens is 819 g/mol. The van der Waals surface area contributed by atoms with E-state index in [1.165, 1.54) is 49.7 Å². The van der Waals surface area contributed by atoms with Gasteiger partial charge in [0.1, 0.15) is 5.52 Å². The van der Waals surface area contributed by atoms with E-state index in [-0.39, 0.29) is 5.41 Å². The smallest absolute Gasteiger partial charge is 0.227 e. The van der Waals surface area contributed by atoms with Crippen molar-refractivity contribution in [2.75, 3.05) is 0 Å². The van der Waals surface area contributed by atoms with Crippen LogP contribution in [0, 0.1) is 0 Å². The summed E-state index contributed by atoms with van der Waals surface area (Å²) in [7, 11) is 0. The molecule has 0 fully saturated rings. The molecule has 0 N–H and O–H groups in total. The van der Waals surface area contributed by atoms with Crippen LogP contribution in [0.3, 0.4) is 0 Å². The van der Waals surface area contributed by atoms with Gasteiger partial charge < -0.3 is 8.98 Å². The predicted molar refractivity (Wildman–Crippen MR) is 276 cm³/mol. The Bertz CT molecular complexity index is 3750. The van der Waals surface area contributed by atoms with Crippen LogP contribution in [0.5, 0.6) is 0 Å². The molecule has 2 aliphatic rings. The topological polar surface area (TPSA) is 69.6 Å². The van der Waals surface area contributed by atoms with Crippen molar-refractivity contribution in [1.29, 1.82) is 0 Å². The van der Waals surface area contributed by atoms with Crippen molar-refractivity contribution in [3.05, 3.63) is 224 Å². The molecule has 0 unspecified atom stereocenters. The van der Waals surface area contributed by atoms with Gasteiger partial charge in [0.15, 0.2) is 23.1 Å². The van der Waals surface area contributed by atoms with Crippen molar-refractivity contribution in [3.8, 4) is 61.9 Å². The van der Waals surface area contributed by atoms with E-state index in [0.717, 1.165) is 62.9 Å². The van der Waals surface area contributed by atoms with Crippen LogP contribution in [-0.4, -0.2) is 24.5 Å². The highest BCUT2D eigenvalue weighted by atomic mass is 16.3. The average Bonchev–Trinajstić information content (AvgIpc) is 4.02. The standard InChI is InChI=1S/C61H45N5O/c1-5-6-17-38(2)57-63-58(40-20-12-8-13-21-40)65-59(64-57)45-24-16-25-46(32-45)66-54-30-27-42(39-18-10-7-11-19-39)33-49(54)50-34-43(28-31-55(50)66)44-26-29-47-48-36-53-56(37-52(48)61(3,4)51(47)35-44)67-60(62-53)41-22-14-9-15-23-41/h5-7,9-12,14-37H,1-2,8,13H2,3-4H3/b17-6-. The Hall–Kier alpha value is -8.48. The fraction of sp³-hybridized carbons (Fsp3) is 0.0820. The van der Waals surface area contributed by atoms with Crippen LogP contribution in [0.25, 0.3) is 106 Å². The number of allylic oxidation sites excluding steroid dienone is 8. The first kappa shape index (κ1) is 40.1. The molecule has 3 aromatic heterocycles. The van der Waals surface area contributed by atoms with Gasteiger partial charge in [-0.15, -0.1) is 0 Å². The van der Waals surface area contributed by atoms with Crippen molar-refractivity contribution >= 4 is 44.1 Å². The monoisotopic (exact) mass is 863 g/mol. The van der Waals surface area contributed by atoms with Crippen LogP contribution in [0.15, 0.2) is 206 Å². The van der Waals surface area contributed by atoms with Crippen molar-refractivity contribution in [2.24, 2.45) is 0 Å². The average molecular weight is 864 g/mol. The van der Waals surface area contributed by atoms with Crippen LogP contribution in [-0.2, 0) is 5.41 Å². The lowest BCUT2D eigenvalue weighted by molar-refractivity contribution is 0.614. The molecule has 0 saturated carbocycles. The van der Waals surface area contributed by atoms with Gasteiger partial charge >= 0.3 is 0 Å². The predicted octanol–water partition coefficient (Wildman–Crippen LogP) is 15.6. The van der Waals surface area contributed by atoms with Gasteiger partial charge in [-0.3, -0.25) is 0 Å². The van der Waals surface area contributed by atoms with Crippen LogP contribution in [0.4, 0.5) is 0 Å². The van der Waals surface area contributed by atoms with Gasteiger partial charge in [0.05, 0.1) is 11.0 Å². The van der Waals surface area contributed by atoms with E-state index in [9.17, 15) is 0 Å². The molecule has 10 aromatic rings. The van der Waals surface area contributed by atoms with E-state index in [1.807, 2.05) is 42.5 Å². The Balaban J connectivity index is 0.980. The minimum Gasteiger partial charge on any atom is -0.436 e. The van der Waals surface area contributed by atoms with Crippen molar-refractivity contribution < 1.29 is 4.42 Å². The molecule has 0 radical (unpaired) electrons. The molecular formula is C61H45N5O. The second-order valence-corrected chi connectivity index (χ2v) is 17.9. The summed E-state index contributed by atoms with van der Waals surface area (Å²) in [6, 6.07) is 54.3. The summed E-state index contributed by atoms with van der Waals surface area (Å²) in [4.78, 5) is 19.8. The zero-order valence-electron chi connectivity index (χ0n) is 37.4. The molecule has 320 valence electrons. The zero-order chi connectivity index (χ0) is 45.2. The second kappa shape index (κ2) is 15.9. The van der Waals surface area contributed by atoms with Gasteiger partial charge in [0.25, 0.3) is 0 Å². The molecule has 0 amide bonds. The Morgan fingerprint density at radius 1 is 0.612 bits per heavy atom. The number of fused-ring (bicyclic) bond motifs is 7. The molecule has 2 aliphatic carbocycles. The third-order valence-corrected chi connectivity index (χ3v) is 13.4. The summed E-state index contributed by atoms with van der Waals surface area (Å²) in [5.41, 5.74) is 17.9. The lowest BCUT2D eigenvalue weighted by Crippen LogP contribution is -2.15. The number of hydrogen-bond acceptors (Lipinski definition) is 5. The quantitative estimate of drug-likeness (QED) is 0.135.